The average Bonchev–Trinajstić information content (AvgIpc) is 2.68. The van der Waals surface area contributed by atoms with Gasteiger partial charge in [0.25, 0.3) is 0 Å². The number of rotatable bonds is 5. The van der Waals surface area contributed by atoms with Gasteiger partial charge in [-0.2, -0.15) is 5.10 Å². The molecule has 0 aliphatic rings. The minimum absolute atomic E-state index is 0.0790. The maximum atomic E-state index is 14.6. The molecular formula is C20H17FN2O4. The summed E-state index contributed by atoms with van der Waals surface area (Å²) in [5.41, 5.74) is 0.328. The lowest BCUT2D eigenvalue weighted by Crippen LogP contribution is -2.24. The molecule has 0 unspecified atom stereocenters. The zero-order valence-corrected chi connectivity index (χ0v) is 14.8. The molecule has 0 aliphatic carbocycles. The summed E-state index contributed by atoms with van der Waals surface area (Å²) >= 11 is 0. The van der Waals surface area contributed by atoms with Crippen molar-refractivity contribution < 1.29 is 18.7 Å². The third kappa shape index (κ3) is 4.03. The van der Waals surface area contributed by atoms with E-state index in [-0.39, 0.29) is 11.3 Å². The second-order valence-electron chi connectivity index (χ2n) is 5.81. The molecule has 3 rings (SSSR count). The van der Waals surface area contributed by atoms with Gasteiger partial charge in [0.15, 0.2) is 5.82 Å². The van der Waals surface area contributed by atoms with Crippen molar-refractivity contribution in [3.8, 4) is 11.4 Å². The molecule has 0 N–H and O–H groups in total. The highest BCUT2D eigenvalue weighted by atomic mass is 19.1. The van der Waals surface area contributed by atoms with E-state index in [1.807, 2.05) is 30.3 Å². The van der Waals surface area contributed by atoms with Gasteiger partial charge in [0.2, 0.25) is 11.1 Å². The highest BCUT2D eigenvalue weighted by molar-refractivity contribution is 5.87. The minimum atomic E-state index is -0.874. The summed E-state index contributed by atoms with van der Waals surface area (Å²) in [6.07, 6.45) is 1.36. The van der Waals surface area contributed by atoms with Gasteiger partial charge in [-0.1, -0.05) is 30.3 Å². The van der Waals surface area contributed by atoms with Crippen molar-refractivity contribution in [2.75, 3.05) is 7.11 Å². The largest absolute Gasteiger partial charge is 0.489 e. The molecule has 1 aromatic heterocycles. The van der Waals surface area contributed by atoms with Crippen molar-refractivity contribution >= 4 is 5.97 Å². The molecule has 1 heterocycles. The van der Waals surface area contributed by atoms with E-state index in [2.05, 4.69) is 9.84 Å². The number of carbonyl (C=O) groups is 1. The van der Waals surface area contributed by atoms with Gasteiger partial charge in [-0.05, 0) is 24.6 Å². The van der Waals surface area contributed by atoms with Crippen LogP contribution in [0.5, 0.6) is 5.75 Å². The average molecular weight is 368 g/mol. The van der Waals surface area contributed by atoms with E-state index in [4.69, 9.17) is 4.74 Å². The highest BCUT2D eigenvalue weighted by Gasteiger charge is 2.17. The van der Waals surface area contributed by atoms with E-state index in [1.54, 1.807) is 6.07 Å². The molecule has 0 fully saturated rings. The number of hydrogen-bond acceptors (Lipinski definition) is 5. The van der Waals surface area contributed by atoms with Crippen LogP contribution in [-0.4, -0.2) is 22.9 Å². The van der Waals surface area contributed by atoms with Crippen molar-refractivity contribution in [1.82, 2.24) is 9.78 Å². The van der Waals surface area contributed by atoms with Gasteiger partial charge in [0.05, 0.1) is 7.11 Å². The third-order valence-electron chi connectivity index (χ3n) is 3.89. The number of benzene rings is 2. The number of methoxy groups -OCH3 is 1. The summed E-state index contributed by atoms with van der Waals surface area (Å²) in [5.74, 6) is -1.13. The molecule has 138 valence electrons. The lowest BCUT2D eigenvalue weighted by atomic mass is 10.2. The molecule has 3 aromatic rings. The number of ether oxygens (including phenoxy) is 2. The van der Waals surface area contributed by atoms with Crippen LogP contribution in [0.1, 0.15) is 21.6 Å². The number of halogens is 1. The molecule has 0 amide bonds. The standard InChI is InChI=1S/C20H17FN2O4/c1-13-11-23(22-18(19(13)24)20(25)26-2)17-9-8-15(10-16(17)21)27-12-14-6-4-3-5-7-14/h3-11H,12H2,1-2H3. The van der Waals surface area contributed by atoms with E-state index >= 15 is 0 Å². The monoisotopic (exact) mass is 368 g/mol. The Balaban J connectivity index is 1.89. The lowest BCUT2D eigenvalue weighted by molar-refractivity contribution is 0.0590. The number of nitrogens with zero attached hydrogens (tertiary/aromatic N) is 2. The molecule has 7 heteroatoms. The molecule has 0 radical (unpaired) electrons. The zero-order valence-electron chi connectivity index (χ0n) is 14.8. The molecular weight excluding hydrogens is 351 g/mol. The van der Waals surface area contributed by atoms with E-state index in [0.29, 0.717) is 12.4 Å². The maximum absolute atomic E-state index is 14.6. The smallest absolute Gasteiger partial charge is 0.362 e. The zero-order chi connectivity index (χ0) is 19.4. The first-order valence-corrected chi connectivity index (χ1v) is 8.15. The van der Waals surface area contributed by atoms with Crippen LogP contribution in [0.4, 0.5) is 4.39 Å². The molecule has 6 nitrogen and oxygen atoms in total. The van der Waals surface area contributed by atoms with Gasteiger partial charge < -0.3 is 9.47 Å². The van der Waals surface area contributed by atoms with Gasteiger partial charge in [-0.15, -0.1) is 0 Å². The second-order valence-corrected chi connectivity index (χ2v) is 5.81. The van der Waals surface area contributed by atoms with Crippen LogP contribution >= 0.6 is 0 Å². The van der Waals surface area contributed by atoms with Crippen molar-refractivity contribution in [2.24, 2.45) is 0 Å². The van der Waals surface area contributed by atoms with Crippen LogP contribution in [-0.2, 0) is 11.3 Å². The van der Waals surface area contributed by atoms with Crippen LogP contribution < -0.4 is 10.2 Å². The number of hydrogen-bond donors (Lipinski definition) is 0. The lowest BCUT2D eigenvalue weighted by Gasteiger charge is -2.11. The predicted molar refractivity (Wildman–Crippen MR) is 96.6 cm³/mol. The van der Waals surface area contributed by atoms with Crippen LogP contribution in [0.2, 0.25) is 0 Å². The van der Waals surface area contributed by atoms with Gasteiger partial charge in [0.1, 0.15) is 18.0 Å². The Morgan fingerprint density at radius 1 is 1.19 bits per heavy atom. The van der Waals surface area contributed by atoms with Gasteiger partial charge in [-0.25, -0.2) is 13.9 Å². The van der Waals surface area contributed by atoms with Crippen molar-refractivity contribution in [2.45, 2.75) is 13.5 Å². The molecule has 27 heavy (non-hydrogen) atoms. The SMILES string of the molecule is COC(=O)c1nn(-c2ccc(OCc3ccccc3)cc2F)cc(C)c1=O. The van der Waals surface area contributed by atoms with E-state index in [9.17, 15) is 14.0 Å². The molecule has 0 atom stereocenters. The van der Waals surface area contributed by atoms with E-state index < -0.39 is 22.9 Å². The predicted octanol–water partition coefficient (Wildman–Crippen LogP) is 3.05. The van der Waals surface area contributed by atoms with E-state index in [1.165, 1.54) is 25.3 Å². The van der Waals surface area contributed by atoms with Crippen LogP contribution in [0.25, 0.3) is 5.69 Å². The molecule has 2 aromatic carbocycles. The van der Waals surface area contributed by atoms with Crippen LogP contribution in [0.3, 0.4) is 0 Å². The van der Waals surface area contributed by atoms with Gasteiger partial charge in [0, 0.05) is 17.8 Å². The molecule has 0 aliphatic heterocycles. The van der Waals surface area contributed by atoms with Crippen molar-refractivity contribution in [3.05, 3.63) is 87.6 Å². The van der Waals surface area contributed by atoms with Crippen molar-refractivity contribution in [1.29, 1.82) is 0 Å². The maximum Gasteiger partial charge on any atom is 0.362 e. The first-order chi connectivity index (χ1) is 13.0. The summed E-state index contributed by atoms with van der Waals surface area (Å²) in [5, 5.41) is 3.91. The Labute approximate surface area is 154 Å². The molecule has 0 saturated carbocycles. The summed E-state index contributed by atoms with van der Waals surface area (Å²) in [4.78, 5) is 23.7. The fourth-order valence-electron chi connectivity index (χ4n) is 2.47. The molecule has 0 saturated heterocycles. The third-order valence-corrected chi connectivity index (χ3v) is 3.89. The van der Waals surface area contributed by atoms with Crippen LogP contribution in [0, 0.1) is 12.7 Å². The first-order valence-electron chi connectivity index (χ1n) is 8.15. The quantitative estimate of drug-likeness (QED) is 0.648. The van der Waals surface area contributed by atoms with Crippen molar-refractivity contribution in [3.63, 3.8) is 0 Å². The van der Waals surface area contributed by atoms with Gasteiger partial charge >= 0.3 is 5.97 Å². The molecule has 0 bridgehead atoms. The number of carbonyl (C=O) groups excluding carboxylic acids is 1. The Morgan fingerprint density at radius 2 is 1.93 bits per heavy atom. The second kappa shape index (κ2) is 7.82. The Kier molecular flexibility index (Phi) is 5.30. The summed E-state index contributed by atoms with van der Waals surface area (Å²) < 4.78 is 25.9. The minimum Gasteiger partial charge on any atom is -0.489 e. The van der Waals surface area contributed by atoms with Gasteiger partial charge in [-0.3, -0.25) is 4.79 Å². The number of aromatic nitrogens is 2. The summed E-state index contributed by atoms with van der Waals surface area (Å²) in [6.45, 7) is 1.82. The summed E-state index contributed by atoms with van der Waals surface area (Å²) in [6, 6.07) is 13.8. The Hall–Kier alpha value is -3.48. The van der Waals surface area contributed by atoms with E-state index in [0.717, 1.165) is 17.4 Å². The number of aryl methyl sites for hydroxylation is 1. The topological polar surface area (TPSA) is 70.4 Å². The Bertz CT molecular complexity index is 1030. The first kappa shape index (κ1) is 18.3. The van der Waals surface area contributed by atoms with Crippen LogP contribution in [0.15, 0.2) is 59.5 Å². The normalized spacial score (nSPS) is 10.5. The number of esters is 1. The Morgan fingerprint density at radius 3 is 2.59 bits per heavy atom. The fourth-order valence-corrected chi connectivity index (χ4v) is 2.47. The summed E-state index contributed by atoms with van der Waals surface area (Å²) in [7, 11) is 1.15. The highest BCUT2D eigenvalue weighted by Crippen LogP contribution is 2.20. The fraction of sp³-hybridized carbons (Fsp3) is 0.150. The molecule has 0 spiro atoms.